The van der Waals surface area contributed by atoms with Crippen molar-refractivity contribution in [2.45, 2.75) is 11.8 Å². The second-order valence-electron chi connectivity index (χ2n) is 6.68. The average molecular weight is 463 g/mol. The fourth-order valence-corrected chi connectivity index (χ4v) is 4.03. The lowest BCUT2D eigenvalue weighted by molar-refractivity contribution is 0.0947. The molecule has 3 aromatic rings. The molecule has 9 heteroatoms. The van der Waals surface area contributed by atoms with Gasteiger partial charge in [0.15, 0.2) is 0 Å². The minimum atomic E-state index is -3.92. The summed E-state index contributed by atoms with van der Waals surface area (Å²) in [6.07, 6.45) is 0. The van der Waals surface area contributed by atoms with Gasteiger partial charge in [-0.05, 0) is 55.0 Å². The quantitative estimate of drug-likeness (QED) is 0.486. The largest absolute Gasteiger partial charge is 0.492 e. The van der Waals surface area contributed by atoms with Gasteiger partial charge >= 0.3 is 0 Å². The summed E-state index contributed by atoms with van der Waals surface area (Å²) >= 11 is 6.10. The second kappa shape index (κ2) is 9.80. The van der Waals surface area contributed by atoms with Crippen LogP contribution in [0.3, 0.4) is 0 Å². The van der Waals surface area contributed by atoms with E-state index in [1.54, 1.807) is 24.3 Å². The molecule has 0 saturated carbocycles. The van der Waals surface area contributed by atoms with Gasteiger partial charge in [0, 0.05) is 11.8 Å². The third-order valence-electron chi connectivity index (χ3n) is 4.22. The highest BCUT2D eigenvalue weighted by molar-refractivity contribution is 7.92. The normalized spacial score (nSPS) is 11.1. The predicted octanol–water partition coefficient (Wildman–Crippen LogP) is 4.40. The Morgan fingerprint density at radius 1 is 1.06 bits per heavy atom. The summed E-state index contributed by atoms with van der Waals surface area (Å²) in [5.41, 5.74) is 1.33. The average Bonchev–Trinajstić information content (AvgIpc) is 2.71. The van der Waals surface area contributed by atoms with Gasteiger partial charge in [-0.3, -0.25) is 9.52 Å². The lowest BCUT2D eigenvalue weighted by Gasteiger charge is -2.12. The number of benzene rings is 3. The van der Waals surface area contributed by atoms with Gasteiger partial charge in [0.05, 0.1) is 22.0 Å². The summed E-state index contributed by atoms with van der Waals surface area (Å²) < 4.78 is 46.4. The standard InChI is InChI=1S/C22H20ClFN2O4S/c1-15-4-2-6-17(12-15)26-31(28,29)19-8-9-21(23)20(14-19)22(27)25-10-11-30-18-7-3-5-16(24)13-18/h2-9,12-14,26H,10-11H2,1H3,(H,25,27). The highest BCUT2D eigenvalue weighted by Gasteiger charge is 2.19. The zero-order valence-corrected chi connectivity index (χ0v) is 18.1. The Balaban J connectivity index is 1.66. The first-order chi connectivity index (χ1) is 14.7. The molecule has 6 nitrogen and oxygen atoms in total. The number of amides is 1. The maximum atomic E-state index is 13.1. The Morgan fingerprint density at radius 2 is 1.84 bits per heavy atom. The van der Waals surface area contributed by atoms with E-state index in [4.69, 9.17) is 16.3 Å². The zero-order valence-electron chi connectivity index (χ0n) is 16.6. The zero-order chi connectivity index (χ0) is 22.4. The summed E-state index contributed by atoms with van der Waals surface area (Å²) in [6.45, 7) is 2.06. The van der Waals surface area contributed by atoms with Crippen molar-refractivity contribution in [3.05, 3.63) is 88.7 Å². The molecular weight excluding hydrogens is 443 g/mol. The van der Waals surface area contributed by atoms with Crippen molar-refractivity contribution in [2.75, 3.05) is 17.9 Å². The molecule has 3 aromatic carbocycles. The lowest BCUT2D eigenvalue weighted by Crippen LogP contribution is -2.28. The van der Waals surface area contributed by atoms with Crippen molar-refractivity contribution in [1.29, 1.82) is 0 Å². The molecule has 0 heterocycles. The van der Waals surface area contributed by atoms with Gasteiger partial charge in [0.2, 0.25) is 0 Å². The van der Waals surface area contributed by atoms with Crippen molar-refractivity contribution >= 4 is 33.2 Å². The molecule has 0 radical (unpaired) electrons. The van der Waals surface area contributed by atoms with Gasteiger partial charge in [-0.2, -0.15) is 0 Å². The van der Waals surface area contributed by atoms with Gasteiger partial charge in [-0.25, -0.2) is 12.8 Å². The first-order valence-corrected chi connectivity index (χ1v) is 11.2. The molecule has 0 spiro atoms. The van der Waals surface area contributed by atoms with Gasteiger partial charge in [0.25, 0.3) is 15.9 Å². The van der Waals surface area contributed by atoms with Crippen LogP contribution in [0.1, 0.15) is 15.9 Å². The highest BCUT2D eigenvalue weighted by atomic mass is 35.5. The number of rotatable bonds is 8. The SMILES string of the molecule is Cc1cccc(NS(=O)(=O)c2ccc(Cl)c(C(=O)NCCOc3cccc(F)c3)c2)c1. The van der Waals surface area contributed by atoms with Crippen LogP contribution in [0.15, 0.2) is 71.6 Å². The number of carbonyl (C=O) groups is 1. The number of halogens is 2. The molecule has 0 aliphatic carbocycles. The van der Waals surface area contributed by atoms with Crippen LogP contribution in [0.4, 0.5) is 10.1 Å². The van der Waals surface area contributed by atoms with E-state index in [-0.39, 0.29) is 28.6 Å². The minimum Gasteiger partial charge on any atom is -0.492 e. The number of anilines is 1. The Labute approximate surface area is 185 Å². The lowest BCUT2D eigenvalue weighted by atomic mass is 10.2. The van der Waals surface area contributed by atoms with Crippen LogP contribution >= 0.6 is 11.6 Å². The van der Waals surface area contributed by atoms with Gasteiger partial charge in [0.1, 0.15) is 18.2 Å². The van der Waals surface area contributed by atoms with Crippen molar-refractivity contribution in [1.82, 2.24) is 5.32 Å². The van der Waals surface area contributed by atoms with Crippen molar-refractivity contribution in [3.63, 3.8) is 0 Å². The first kappa shape index (κ1) is 22.6. The Hall–Kier alpha value is -3.10. The maximum Gasteiger partial charge on any atom is 0.261 e. The second-order valence-corrected chi connectivity index (χ2v) is 8.77. The van der Waals surface area contributed by atoms with Crippen LogP contribution in [0.5, 0.6) is 5.75 Å². The van der Waals surface area contributed by atoms with Gasteiger partial charge < -0.3 is 10.1 Å². The van der Waals surface area contributed by atoms with Crippen molar-refractivity contribution in [3.8, 4) is 5.75 Å². The molecule has 0 aliphatic rings. The van der Waals surface area contributed by atoms with Crippen molar-refractivity contribution < 1.29 is 22.3 Å². The van der Waals surface area contributed by atoms with Crippen molar-refractivity contribution in [2.24, 2.45) is 0 Å². The summed E-state index contributed by atoms with van der Waals surface area (Å²) in [5.74, 6) is -0.645. The number of hydrogen-bond donors (Lipinski definition) is 2. The predicted molar refractivity (Wildman–Crippen MR) is 118 cm³/mol. The van der Waals surface area contributed by atoms with Gasteiger partial charge in [-0.15, -0.1) is 0 Å². The van der Waals surface area contributed by atoms with Crippen LogP contribution < -0.4 is 14.8 Å². The van der Waals surface area contributed by atoms with E-state index in [1.807, 2.05) is 13.0 Å². The smallest absolute Gasteiger partial charge is 0.261 e. The maximum absolute atomic E-state index is 13.1. The van der Waals surface area contributed by atoms with E-state index in [9.17, 15) is 17.6 Å². The first-order valence-electron chi connectivity index (χ1n) is 9.30. The monoisotopic (exact) mass is 462 g/mol. The number of nitrogens with one attached hydrogen (secondary N) is 2. The number of aryl methyl sites for hydroxylation is 1. The third-order valence-corrected chi connectivity index (χ3v) is 5.92. The number of sulfonamides is 1. The topological polar surface area (TPSA) is 84.5 Å². The Kier molecular flexibility index (Phi) is 7.14. The fourth-order valence-electron chi connectivity index (χ4n) is 2.75. The van der Waals surface area contributed by atoms with E-state index in [0.717, 1.165) is 5.56 Å². The van der Waals surface area contributed by atoms with Crippen LogP contribution in [0, 0.1) is 12.7 Å². The Bertz CT molecular complexity index is 1200. The molecule has 3 rings (SSSR count). The molecule has 162 valence electrons. The third kappa shape index (κ3) is 6.19. The molecule has 2 N–H and O–H groups in total. The number of carbonyl (C=O) groups excluding carboxylic acids is 1. The molecule has 0 aromatic heterocycles. The molecular formula is C22H20ClFN2O4S. The molecule has 0 saturated heterocycles. The summed E-state index contributed by atoms with van der Waals surface area (Å²) in [4.78, 5) is 12.4. The van der Waals surface area contributed by atoms with E-state index in [1.165, 1.54) is 36.4 Å². The van der Waals surface area contributed by atoms with E-state index in [2.05, 4.69) is 10.0 Å². The number of hydrogen-bond acceptors (Lipinski definition) is 4. The Morgan fingerprint density at radius 3 is 2.58 bits per heavy atom. The van der Waals surface area contributed by atoms with E-state index in [0.29, 0.717) is 11.4 Å². The molecule has 31 heavy (non-hydrogen) atoms. The molecule has 0 atom stereocenters. The molecule has 0 fully saturated rings. The van der Waals surface area contributed by atoms with E-state index >= 15 is 0 Å². The summed E-state index contributed by atoms with van der Waals surface area (Å²) in [6, 6.07) is 16.4. The van der Waals surface area contributed by atoms with Gasteiger partial charge in [-0.1, -0.05) is 29.8 Å². The van der Waals surface area contributed by atoms with Crippen LogP contribution in [-0.2, 0) is 10.0 Å². The summed E-state index contributed by atoms with van der Waals surface area (Å²) in [7, 11) is -3.92. The summed E-state index contributed by atoms with van der Waals surface area (Å²) in [5, 5.41) is 2.71. The van der Waals surface area contributed by atoms with E-state index < -0.39 is 21.7 Å². The molecule has 1 amide bonds. The molecule has 0 bridgehead atoms. The fraction of sp³-hybridized carbons (Fsp3) is 0.136. The molecule has 0 aliphatic heterocycles. The minimum absolute atomic E-state index is 0.0135. The van der Waals surface area contributed by atoms with Crippen LogP contribution in [0.25, 0.3) is 0 Å². The van der Waals surface area contributed by atoms with Crippen LogP contribution in [0.2, 0.25) is 5.02 Å². The van der Waals surface area contributed by atoms with Crippen LogP contribution in [-0.4, -0.2) is 27.5 Å². The number of ether oxygens (including phenoxy) is 1. The highest BCUT2D eigenvalue weighted by Crippen LogP contribution is 2.23. The molecule has 0 unspecified atom stereocenters.